The van der Waals surface area contributed by atoms with E-state index in [1.807, 2.05) is 0 Å². The molecule has 3 N–H and O–H groups in total. The Morgan fingerprint density at radius 3 is 2.76 bits per heavy atom. The predicted octanol–water partition coefficient (Wildman–Crippen LogP) is 0.225. The van der Waals surface area contributed by atoms with Gasteiger partial charge < -0.3 is 19.8 Å². The van der Waals surface area contributed by atoms with E-state index in [-0.39, 0.29) is 23.2 Å². The van der Waals surface area contributed by atoms with E-state index in [4.69, 9.17) is 16.2 Å². The molecule has 0 bridgehead atoms. The van der Waals surface area contributed by atoms with Crippen LogP contribution in [0.3, 0.4) is 0 Å². The van der Waals surface area contributed by atoms with Crippen molar-refractivity contribution in [2.24, 2.45) is 0 Å². The zero-order chi connectivity index (χ0) is 12.6. The molecule has 0 fully saturated rings. The topological polar surface area (TPSA) is 87.0 Å². The number of hydrogen-bond acceptors (Lipinski definition) is 4. The SMILES string of the molecule is C#Cc1ccc2c(c1C(=O)O)O[B-](O)(O)CC2. The van der Waals surface area contributed by atoms with Crippen molar-refractivity contribution in [3.05, 3.63) is 28.8 Å². The van der Waals surface area contributed by atoms with Crippen LogP contribution in [0, 0.1) is 12.3 Å². The second-order valence-electron chi connectivity index (χ2n) is 3.94. The molecule has 0 radical (unpaired) electrons. The van der Waals surface area contributed by atoms with Gasteiger partial charge in [-0.2, -0.15) is 0 Å². The van der Waals surface area contributed by atoms with Gasteiger partial charge in [0.15, 0.2) is 0 Å². The van der Waals surface area contributed by atoms with Crippen molar-refractivity contribution in [3.8, 4) is 18.1 Å². The van der Waals surface area contributed by atoms with Crippen LogP contribution in [0.1, 0.15) is 21.5 Å². The van der Waals surface area contributed by atoms with Crippen molar-refractivity contribution < 1.29 is 24.6 Å². The Hall–Kier alpha value is -1.97. The van der Waals surface area contributed by atoms with Crippen LogP contribution >= 0.6 is 0 Å². The highest BCUT2D eigenvalue weighted by atomic mass is 16.6. The summed E-state index contributed by atoms with van der Waals surface area (Å²) in [5.41, 5.74) is 0.575. The molecule has 5 nitrogen and oxygen atoms in total. The molecule has 0 atom stereocenters. The predicted molar refractivity (Wildman–Crippen MR) is 60.7 cm³/mol. The van der Waals surface area contributed by atoms with Gasteiger partial charge in [-0.25, -0.2) is 4.79 Å². The van der Waals surface area contributed by atoms with Crippen LogP contribution in [0.25, 0.3) is 0 Å². The zero-order valence-electron chi connectivity index (χ0n) is 8.88. The van der Waals surface area contributed by atoms with E-state index in [9.17, 15) is 14.8 Å². The summed E-state index contributed by atoms with van der Waals surface area (Å²) in [5, 5.41) is 28.0. The number of aromatic carboxylic acids is 1. The number of rotatable bonds is 1. The maximum absolute atomic E-state index is 11.1. The van der Waals surface area contributed by atoms with Crippen LogP contribution in [0.2, 0.25) is 6.32 Å². The van der Waals surface area contributed by atoms with Crippen LogP contribution in [0.4, 0.5) is 0 Å². The van der Waals surface area contributed by atoms with Crippen LogP contribution in [-0.4, -0.2) is 27.9 Å². The van der Waals surface area contributed by atoms with Crippen LogP contribution in [0.15, 0.2) is 12.1 Å². The molecule has 0 amide bonds. The Bertz CT molecular complexity index is 529. The largest absolute Gasteiger partial charge is 0.669 e. The molecule has 6 heteroatoms. The molecule has 1 aliphatic heterocycles. The summed E-state index contributed by atoms with van der Waals surface area (Å²) in [5.74, 6) is 0.953. The minimum atomic E-state index is -2.99. The molecule has 0 aliphatic carbocycles. The number of carboxylic acids is 1. The lowest BCUT2D eigenvalue weighted by atomic mass is 9.70. The van der Waals surface area contributed by atoms with Gasteiger partial charge in [-0.1, -0.05) is 18.3 Å². The van der Waals surface area contributed by atoms with E-state index in [1.54, 1.807) is 6.07 Å². The van der Waals surface area contributed by atoms with E-state index in [0.29, 0.717) is 12.0 Å². The second kappa shape index (κ2) is 3.80. The lowest BCUT2D eigenvalue weighted by Crippen LogP contribution is -2.45. The molecule has 0 unspecified atom stereocenters. The summed E-state index contributed by atoms with van der Waals surface area (Å²) in [6.45, 7) is -2.99. The fourth-order valence-electron chi connectivity index (χ4n) is 1.88. The van der Waals surface area contributed by atoms with E-state index in [0.717, 1.165) is 0 Å². The normalized spacial score (nSPS) is 16.5. The first-order valence-electron chi connectivity index (χ1n) is 5.10. The number of aryl methyl sites for hydroxylation is 1. The van der Waals surface area contributed by atoms with Gasteiger partial charge >= 0.3 is 12.7 Å². The van der Waals surface area contributed by atoms with Gasteiger partial charge in [-0.15, -0.1) is 6.42 Å². The van der Waals surface area contributed by atoms with Crippen LogP contribution < -0.4 is 4.65 Å². The Labute approximate surface area is 97.7 Å². The first kappa shape index (κ1) is 11.5. The summed E-state index contributed by atoms with van der Waals surface area (Å²) in [7, 11) is 0. The van der Waals surface area contributed by atoms with Crippen molar-refractivity contribution in [3.63, 3.8) is 0 Å². The molecule has 17 heavy (non-hydrogen) atoms. The third kappa shape index (κ3) is 1.98. The van der Waals surface area contributed by atoms with Crippen molar-refractivity contribution in [1.82, 2.24) is 0 Å². The number of hydrogen-bond donors (Lipinski definition) is 3. The third-order valence-electron chi connectivity index (χ3n) is 2.70. The third-order valence-corrected chi connectivity index (χ3v) is 2.70. The standard InChI is InChI=1S/C11H10BO5/c1-2-7-3-4-8-5-6-12(15,16)17-10(8)9(7)11(13)14/h1,3-4,15-16H,5-6H2,(H,13,14)/q-1. The minimum absolute atomic E-state index is 0.0378. The molecule has 0 saturated carbocycles. The Balaban J connectivity index is 2.64. The molecule has 0 saturated heterocycles. The molecule has 0 spiro atoms. The van der Waals surface area contributed by atoms with Gasteiger partial charge in [0.05, 0.1) is 5.75 Å². The van der Waals surface area contributed by atoms with Gasteiger partial charge in [-0.05, 0) is 18.1 Å². The molecular weight excluding hydrogens is 223 g/mol. The average molecular weight is 233 g/mol. The van der Waals surface area contributed by atoms with E-state index in [2.05, 4.69) is 5.92 Å². The monoisotopic (exact) mass is 233 g/mol. The minimum Gasteiger partial charge on any atom is -0.669 e. The fourth-order valence-corrected chi connectivity index (χ4v) is 1.88. The number of fused-ring (bicyclic) bond motifs is 1. The molecule has 1 heterocycles. The number of terminal acetylenes is 1. The van der Waals surface area contributed by atoms with Crippen molar-refractivity contribution >= 4 is 12.7 Å². The maximum atomic E-state index is 11.1. The summed E-state index contributed by atoms with van der Waals surface area (Å²) in [4.78, 5) is 11.1. The molecular formula is C11H10BO5-. The van der Waals surface area contributed by atoms with E-state index >= 15 is 0 Å². The fraction of sp³-hybridized carbons (Fsp3) is 0.182. The molecule has 0 aromatic heterocycles. The summed E-state index contributed by atoms with van der Waals surface area (Å²) >= 11 is 0. The van der Waals surface area contributed by atoms with Crippen LogP contribution in [0.5, 0.6) is 5.75 Å². The Morgan fingerprint density at radius 2 is 2.18 bits per heavy atom. The van der Waals surface area contributed by atoms with Gasteiger partial charge in [0, 0.05) is 5.56 Å². The molecule has 88 valence electrons. The number of benzene rings is 1. The van der Waals surface area contributed by atoms with Gasteiger partial charge in [0.1, 0.15) is 5.56 Å². The zero-order valence-corrected chi connectivity index (χ0v) is 8.88. The molecule has 1 aromatic carbocycles. The first-order chi connectivity index (χ1) is 7.94. The smallest absolute Gasteiger partial charge is 0.430 e. The summed E-state index contributed by atoms with van der Waals surface area (Å²) < 4.78 is 4.95. The Morgan fingerprint density at radius 1 is 1.47 bits per heavy atom. The molecule has 1 aromatic rings. The van der Waals surface area contributed by atoms with E-state index in [1.165, 1.54) is 6.07 Å². The van der Waals surface area contributed by atoms with Crippen molar-refractivity contribution in [1.29, 1.82) is 0 Å². The first-order valence-corrected chi connectivity index (χ1v) is 5.10. The molecule has 2 rings (SSSR count). The average Bonchev–Trinajstić information content (AvgIpc) is 2.25. The van der Waals surface area contributed by atoms with E-state index < -0.39 is 12.7 Å². The van der Waals surface area contributed by atoms with Crippen molar-refractivity contribution in [2.45, 2.75) is 12.7 Å². The Kier molecular flexibility index (Phi) is 2.58. The van der Waals surface area contributed by atoms with Gasteiger partial charge in [-0.3, -0.25) is 0 Å². The van der Waals surface area contributed by atoms with Crippen molar-refractivity contribution in [2.75, 3.05) is 0 Å². The quantitative estimate of drug-likeness (QED) is 0.477. The number of carbonyl (C=O) groups is 1. The second-order valence-corrected chi connectivity index (χ2v) is 3.94. The van der Waals surface area contributed by atoms with Gasteiger partial charge in [0.25, 0.3) is 0 Å². The van der Waals surface area contributed by atoms with Gasteiger partial charge in [0.2, 0.25) is 0 Å². The maximum Gasteiger partial charge on any atom is 0.430 e. The molecule has 1 aliphatic rings. The number of carboxylic acid groups (broad SMARTS) is 1. The summed E-state index contributed by atoms with van der Waals surface area (Å²) in [6.07, 6.45) is 5.58. The lowest BCUT2D eigenvalue weighted by molar-refractivity contribution is 0.0693. The highest BCUT2D eigenvalue weighted by Gasteiger charge is 2.31. The summed E-state index contributed by atoms with van der Waals surface area (Å²) in [6, 6.07) is 3.16. The lowest BCUT2D eigenvalue weighted by Gasteiger charge is -2.37. The highest BCUT2D eigenvalue weighted by Crippen LogP contribution is 2.34. The van der Waals surface area contributed by atoms with Crippen LogP contribution in [-0.2, 0) is 6.42 Å². The highest BCUT2D eigenvalue weighted by molar-refractivity contribution is 6.59.